The number of hydrogen-bond donors (Lipinski definition) is 2. The Kier molecular flexibility index (Phi) is 8.92. The van der Waals surface area contributed by atoms with Gasteiger partial charge in [-0.15, -0.1) is 0 Å². The van der Waals surface area contributed by atoms with Crippen molar-refractivity contribution in [3.8, 4) is 0 Å². The van der Waals surface area contributed by atoms with Gasteiger partial charge in [-0.3, -0.25) is 0 Å². The van der Waals surface area contributed by atoms with Crippen molar-refractivity contribution in [3.63, 3.8) is 0 Å². The number of aliphatic imine (C=N–C) groups is 1. The summed E-state index contributed by atoms with van der Waals surface area (Å²) >= 11 is 2.10. The summed E-state index contributed by atoms with van der Waals surface area (Å²) in [4.78, 5) is 11.7. The first-order valence-corrected chi connectivity index (χ1v) is 12.2. The maximum absolute atomic E-state index is 5.65. The number of nitrogens with zero attached hydrogens (tertiary/aromatic N) is 3. The molecule has 162 valence electrons. The van der Waals surface area contributed by atoms with Gasteiger partial charge in [-0.25, -0.2) is 9.98 Å². The molecule has 0 spiro atoms. The number of morpholine rings is 1. The summed E-state index contributed by atoms with van der Waals surface area (Å²) in [6, 6.07) is 4.75. The Labute approximate surface area is 180 Å². The molecule has 29 heavy (non-hydrogen) atoms. The zero-order valence-corrected chi connectivity index (χ0v) is 19.0. The van der Waals surface area contributed by atoms with Crippen LogP contribution in [0.3, 0.4) is 0 Å². The van der Waals surface area contributed by atoms with E-state index in [1.54, 1.807) is 0 Å². The van der Waals surface area contributed by atoms with E-state index >= 15 is 0 Å². The summed E-state index contributed by atoms with van der Waals surface area (Å²) in [7, 11) is 0. The minimum Gasteiger partial charge on any atom is -0.375 e. The van der Waals surface area contributed by atoms with Crippen LogP contribution < -0.4 is 15.5 Å². The van der Waals surface area contributed by atoms with Gasteiger partial charge in [-0.2, -0.15) is 11.8 Å². The van der Waals surface area contributed by atoms with Crippen molar-refractivity contribution in [2.24, 2.45) is 4.99 Å². The standard InChI is InChI=1S/C22H37N5OS/c1-4-23-22(26-19-7-6-8-20(14-19)29-5-2)25-15-18-9-10-24-21(13-18)27-11-12-28-17(3)16-27/h9-10,13,17,19-20H,4-8,11-12,14-16H2,1-3H3,(H2,23,25,26). The average molecular weight is 420 g/mol. The van der Waals surface area contributed by atoms with Crippen molar-refractivity contribution in [1.82, 2.24) is 15.6 Å². The van der Waals surface area contributed by atoms with E-state index in [4.69, 9.17) is 9.73 Å². The van der Waals surface area contributed by atoms with Crippen LogP contribution in [-0.4, -0.2) is 60.3 Å². The summed E-state index contributed by atoms with van der Waals surface area (Å²) in [5.41, 5.74) is 1.19. The van der Waals surface area contributed by atoms with Crippen LogP contribution >= 0.6 is 11.8 Å². The first kappa shape index (κ1) is 22.2. The molecule has 1 aromatic rings. The van der Waals surface area contributed by atoms with Crippen LogP contribution in [0.15, 0.2) is 23.3 Å². The number of pyridine rings is 1. The van der Waals surface area contributed by atoms with Gasteiger partial charge in [0.1, 0.15) is 5.82 Å². The molecule has 1 aliphatic heterocycles. The third-order valence-electron chi connectivity index (χ3n) is 5.51. The van der Waals surface area contributed by atoms with Crippen LogP contribution in [0.1, 0.15) is 52.0 Å². The van der Waals surface area contributed by atoms with Crippen molar-refractivity contribution >= 4 is 23.5 Å². The van der Waals surface area contributed by atoms with E-state index in [9.17, 15) is 0 Å². The number of nitrogens with one attached hydrogen (secondary N) is 2. The molecule has 7 heteroatoms. The SMILES string of the molecule is CCNC(=NCc1ccnc(N2CCOC(C)C2)c1)NC1CCCC(SCC)C1. The predicted octanol–water partition coefficient (Wildman–Crippen LogP) is 3.43. The molecule has 3 unspecified atom stereocenters. The highest BCUT2D eigenvalue weighted by atomic mass is 32.2. The molecule has 2 N–H and O–H groups in total. The molecule has 1 saturated carbocycles. The van der Waals surface area contributed by atoms with E-state index < -0.39 is 0 Å². The van der Waals surface area contributed by atoms with Crippen LogP contribution in [-0.2, 0) is 11.3 Å². The lowest BCUT2D eigenvalue weighted by Crippen LogP contribution is -2.45. The molecule has 2 fully saturated rings. The van der Waals surface area contributed by atoms with Crippen LogP contribution in [0, 0.1) is 0 Å². The number of rotatable bonds is 7. The van der Waals surface area contributed by atoms with Crippen molar-refractivity contribution in [3.05, 3.63) is 23.9 Å². The average Bonchev–Trinajstić information content (AvgIpc) is 2.73. The van der Waals surface area contributed by atoms with Gasteiger partial charge in [-0.05, 0) is 56.6 Å². The summed E-state index contributed by atoms with van der Waals surface area (Å²) in [6.45, 7) is 10.6. The zero-order valence-electron chi connectivity index (χ0n) is 18.2. The molecule has 1 aromatic heterocycles. The van der Waals surface area contributed by atoms with Crippen LogP contribution in [0.25, 0.3) is 0 Å². The first-order chi connectivity index (χ1) is 14.2. The number of hydrogen-bond acceptors (Lipinski definition) is 5. The molecular formula is C22H37N5OS. The molecule has 3 atom stereocenters. The number of anilines is 1. The van der Waals surface area contributed by atoms with Crippen LogP contribution in [0.2, 0.25) is 0 Å². The Morgan fingerprint density at radius 1 is 1.38 bits per heavy atom. The third kappa shape index (κ3) is 7.07. The third-order valence-corrected chi connectivity index (χ3v) is 6.74. The minimum atomic E-state index is 0.252. The van der Waals surface area contributed by atoms with E-state index in [1.807, 2.05) is 6.20 Å². The topological polar surface area (TPSA) is 61.8 Å². The van der Waals surface area contributed by atoms with Gasteiger partial charge in [0.15, 0.2) is 5.96 Å². The highest BCUT2D eigenvalue weighted by Gasteiger charge is 2.22. The van der Waals surface area contributed by atoms with Gasteiger partial charge in [-0.1, -0.05) is 13.3 Å². The van der Waals surface area contributed by atoms with Crippen molar-refractivity contribution < 1.29 is 4.74 Å². The van der Waals surface area contributed by atoms with Gasteiger partial charge in [0.2, 0.25) is 0 Å². The Hall–Kier alpha value is -1.47. The molecule has 3 rings (SSSR count). The second-order valence-corrected chi connectivity index (χ2v) is 9.51. The number of guanidine groups is 1. The largest absolute Gasteiger partial charge is 0.375 e. The Balaban J connectivity index is 1.60. The van der Waals surface area contributed by atoms with E-state index in [2.05, 4.69) is 65.2 Å². The number of aromatic nitrogens is 1. The van der Waals surface area contributed by atoms with E-state index in [1.165, 1.54) is 37.0 Å². The van der Waals surface area contributed by atoms with E-state index in [0.29, 0.717) is 12.6 Å². The quantitative estimate of drug-likeness (QED) is 0.522. The predicted molar refractivity (Wildman–Crippen MR) is 124 cm³/mol. The molecule has 1 saturated heterocycles. The molecule has 0 amide bonds. The molecular weight excluding hydrogens is 382 g/mol. The lowest BCUT2D eigenvalue weighted by molar-refractivity contribution is 0.0529. The fraction of sp³-hybridized carbons (Fsp3) is 0.727. The monoisotopic (exact) mass is 419 g/mol. The Morgan fingerprint density at radius 3 is 3.07 bits per heavy atom. The number of ether oxygens (including phenoxy) is 1. The van der Waals surface area contributed by atoms with Crippen molar-refractivity contribution in [1.29, 1.82) is 0 Å². The van der Waals surface area contributed by atoms with Crippen LogP contribution in [0.5, 0.6) is 0 Å². The summed E-state index contributed by atoms with van der Waals surface area (Å²) in [5, 5.41) is 7.89. The molecule has 2 heterocycles. The Morgan fingerprint density at radius 2 is 2.28 bits per heavy atom. The van der Waals surface area contributed by atoms with E-state index in [0.717, 1.165) is 43.3 Å². The molecule has 0 radical (unpaired) electrons. The molecule has 1 aliphatic carbocycles. The molecule has 0 aromatic carbocycles. The molecule has 2 aliphatic rings. The summed E-state index contributed by atoms with van der Waals surface area (Å²) < 4.78 is 5.65. The van der Waals surface area contributed by atoms with Gasteiger partial charge in [0, 0.05) is 37.1 Å². The molecule has 0 bridgehead atoms. The van der Waals surface area contributed by atoms with Crippen LogP contribution in [0.4, 0.5) is 5.82 Å². The lowest BCUT2D eigenvalue weighted by Gasteiger charge is -2.32. The lowest BCUT2D eigenvalue weighted by atomic mass is 9.95. The highest BCUT2D eigenvalue weighted by molar-refractivity contribution is 7.99. The first-order valence-electron chi connectivity index (χ1n) is 11.2. The second kappa shape index (κ2) is 11.6. The smallest absolute Gasteiger partial charge is 0.191 e. The second-order valence-electron chi connectivity index (χ2n) is 7.93. The number of thioether (sulfide) groups is 1. The minimum absolute atomic E-state index is 0.252. The maximum atomic E-state index is 5.65. The van der Waals surface area contributed by atoms with Gasteiger partial charge < -0.3 is 20.3 Å². The van der Waals surface area contributed by atoms with Crippen molar-refractivity contribution in [2.75, 3.05) is 36.9 Å². The Bertz CT molecular complexity index is 654. The fourth-order valence-electron chi connectivity index (χ4n) is 4.11. The highest BCUT2D eigenvalue weighted by Crippen LogP contribution is 2.28. The van der Waals surface area contributed by atoms with E-state index in [-0.39, 0.29) is 6.10 Å². The summed E-state index contributed by atoms with van der Waals surface area (Å²) in [5.74, 6) is 3.16. The van der Waals surface area contributed by atoms with Gasteiger partial charge in [0.05, 0.1) is 19.3 Å². The van der Waals surface area contributed by atoms with Gasteiger partial charge >= 0.3 is 0 Å². The maximum Gasteiger partial charge on any atom is 0.191 e. The van der Waals surface area contributed by atoms with Crippen molar-refractivity contribution in [2.45, 2.75) is 70.4 Å². The summed E-state index contributed by atoms with van der Waals surface area (Å²) in [6.07, 6.45) is 7.28. The molecule has 6 nitrogen and oxygen atoms in total. The zero-order chi connectivity index (χ0) is 20.5. The normalized spacial score (nSPS) is 25.7. The fourth-order valence-corrected chi connectivity index (χ4v) is 5.28. The van der Waals surface area contributed by atoms with Gasteiger partial charge in [0.25, 0.3) is 0 Å².